The number of benzene rings is 1. The molecule has 0 aliphatic heterocycles. The molecule has 3 aromatic rings. The van der Waals surface area contributed by atoms with Crippen LogP contribution in [0.25, 0.3) is 10.1 Å². The largest absolute Gasteiger partial charge is 0.354 e. The Labute approximate surface area is 115 Å². The average Bonchev–Trinajstić information content (AvgIpc) is 2.87. The molecule has 0 atom stereocenters. The maximum Gasteiger partial charge on any atom is 0.224 e. The summed E-state index contributed by atoms with van der Waals surface area (Å²) in [6.45, 7) is 2.83. The first-order valence-corrected chi connectivity index (χ1v) is 7.04. The number of aromatic nitrogens is 2. The van der Waals surface area contributed by atoms with Crippen molar-refractivity contribution in [1.29, 1.82) is 0 Å². The van der Waals surface area contributed by atoms with E-state index in [0.717, 1.165) is 18.1 Å². The first-order valence-electron chi connectivity index (χ1n) is 6.16. The van der Waals surface area contributed by atoms with Crippen LogP contribution >= 0.6 is 11.3 Å². The van der Waals surface area contributed by atoms with Crippen molar-refractivity contribution in [2.45, 2.75) is 6.92 Å². The molecule has 0 aliphatic carbocycles. The first kappa shape index (κ1) is 11.9. The third-order valence-corrected chi connectivity index (χ3v) is 3.61. The summed E-state index contributed by atoms with van der Waals surface area (Å²) in [6.07, 6.45) is 1.75. The third-order valence-electron chi connectivity index (χ3n) is 2.72. The minimum Gasteiger partial charge on any atom is -0.354 e. The highest BCUT2D eigenvalue weighted by atomic mass is 32.1. The molecular weight excluding hydrogens is 256 g/mol. The molecule has 0 spiro atoms. The van der Waals surface area contributed by atoms with Crippen LogP contribution in [-0.2, 0) is 0 Å². The lowest BCUT2D eigenvalue weighted by molar-refractivity contribution is 1.09. The van der Waals surface area contributed by atoms with E-state index >= 15 is 0 Å². The molecule has 4 nitrogen and oxygen atoms in total. The van der Waals surface area contributed by atoms with Crippen LogP contribution in [0.15, 0.2) is 41.9 Å². The van der Waals surface area contributed by atoms with Gasteiger partial charge in [-0.15, -0.1) is 11.3 Å². The molecule has 5 heteroatoms. The molecular formula is C14H14N4S. The molecule has 2 aromatic heterocycles. The highest BCUT2D eigenvalue weighted by Gasteiger charge is 2.01. The molecule has 0 aliphatic rings. The van der Waals surface area contributed by atoms with E-state index < -0.39 is 0 Å². The lowest BCUT2D eigenvalue weighted by Gasteiger charge is -2.07. The fourth-order valence-electron chi connectivity index (χ4n) is 1.86. The Morgan fingerprint density at radius 2 is 2.16 bits per heavy atom. The van der Waals surface area contributed by atoms with Crippen molar-refractivity contribution < 1.29 is 0 Å². The Hall–Kier alpha value is -2.14. The van der Waals surface area contributed by atoms with Crippen molar-refractivity contribution in [2.24, 2.45) is 0 Å². The minimum absolute atomic E-state index is 0.643. The quantitative estimate of drug-likeness (QED) is 0.755. The van der Waals surface area contributed by atoms with Crippen LogP contribution < -0.4 is 10.6 Å². The van der Waals surface area contributed by atoms with Crippen molar-refractivity contribution >= 4 is 38.9 Å². The van der Waals surface area contributed by atoms with Gasteiger partial charge in [0.2, 0.25) is 5.95 Å². The third kappa shape index (κ3) is 2.66. The van der Waals surface area contributed by atoms with E-state index in [-0.39, 0.29) is 0 Å². The Bertz CT molecular complexity index is 692. The van der Waals surface area contributed by atoms with Crippen LogP contribution in [0.3, 0.4) is 0 Å². The molecule has 0 amide bonds. The maximum atomic E-state index is 4.39. The maximum absolute atomic E-state index is 4.39. The molecule has 0 saturated heterocycles. The normalized spacial score (nSPS) is 10.6. The minimum atomic E-state index is 0.643. The van der Waals surface area contributed by atoms with Crippen molar-refractivity contribution in [1.82, 2.24) is 9.97 Å². The zero-order valence-corrected chi connectivity index (χ0v) is 11.4. The smallest absolute Gasteiger partial charge is 0.224 e. The molecule has 96 valence electrons. The van der Waals surface area contributed by atoms with Gasteiger partial charge in [-0.05, 0) is 48.0 Å². The van der Waals surface area contributed by atoms with Gasteiger partial charge in [0.25, 0.3) is 0 Å². The Morgan fingerprint density at radius 1 is 1.21 bits per heavy atom. The molecule has 2 heterocycles. The number of nitrogens with one attached hydrogen (secondary N) is 2. The first-order chi connectivity index (χ1) is 9.35. The highest BCUT2D eigenvalue weighted by molar-refractivity contribution is 7.17. The van der Waals surface area contributed by atoms with Gasteiger partial charge in [-0.2, -0.15) is 4.98 Å². The predicted molar refractivity (Wildman–Crippen MR) is 81.3 cm³/mol. The fourth-order valence-corrected chi connectivity index (χ4v) is 2.63. The van der Waals surface area contributed by atoms with Gasteiger partial charge in [0.1, 0.15) is 5.82 Å². The summed E-state index contributed by atoms with van der Waals surface area (Å²) in [5.41, 5.74) is 1.03. The van der Waals surface area contributed by atoms with Crippen LogP contribution in [0.5, 0.6) is 0 Å². The molecule has 3 rings (SSSR count). The lowest BCUT2D eigenvalue weighted by atomic mass is 10.2. The van der Waals surface area contributed by atoms with Crippen LogP contribution in [0.2, 0.25) is 0 Å². The number of anilines is 3. The van der Waals surface area contributed by atoms with Crippen molar-refractivity contribution in [2.75, 3.05) is 17.2 Å². The number of nitrogens with zero attached hydrogens (tertiary/aromatic N) is 2. The molecule has 2 N–H and O–H groups in total. The Kier molecular flexibility index (Phi) is 3.29. The van der Waals surface area contributed by atoms with Gasteiger partial charge < -0.3 is 10.6 Å². The van der Waals surface area contributed by atoms with Crippen molar-refractivity contribution in [3.8, 4) is 0 Å². The van der Waals surface area contributed by atoms with Gasteiger partial charge in [-0.1, -0.05) is 0 Å². The van der Waals surface area contributed by atoms with Gasteiger partial charge in [0.15, 0.2) is 0 Å². The zero-order chi connectivity index (χ0) is 13.1. The standard InChI is InChI=1S/C14H14N4S/c1-2-15-14-16-7-5-13(18-14)17-11-3-4-12-10(9-11)6-8-19-12/h3-9H,2H2,1H3,(H2,15,16,17,18). The molecule has 0 radical (unpaired) electrons. The Morgan fingerprint density at radius 3 is 3.05 bits per heavy atom. The van der Waals surface area contributed by atoms with Gasteiger partial charge in [-0.25, -0.2) is 4.98 Å². The summed E-state index contributed by atoms with van der Waals surface area (Å²) < 4.78 is 1.29. The van der Waals surface area contributed by atoms with Gasteiger partial charge in [0, 0.05) is 23.1 Å². The molecule has 0 unspecified atom stereocenters. The van der Waals surface area contributed by atoms with E-state index in [1.807, 2.05) is 13.0 Å². The number of fused-ring (bicyclic) bond motifs is 1. The van der Waals surface area contributed by atoms with E-state index in [9.17, 15) is 0 Å². The van der Waals surface area contributed by atoms with Crippen molar-refractivity contribution in [3.63, 3.8) is 0 Å². The van der Waals surface area contributed by atoms with E-state index in [4.69, 9.17) is 0 Å². The molecule has 0 fully saturated rings. The summed E-state index contributed by atoms with van der Waals surface area (Å²) in [6, 6.07) is 10.3. The second-order valence-corrected chi connectivity index (χ2v) is 5.04. The summed E-state index contributed by atoms with van der Waals surface area (Å²) in [7, 11) is 0. The number of rotatable bonds is 4. The fraction of sp³-hybridized carbons (Fsp3) is 0.143. The summed E-state index contributed by atoms with van der Waals surface area (Å²) in [5, 5.41) is 9.74. The molecule has 0 saturated carbocycles. The van der Waals surface area contributed by atoms with Gasteiger partial charge >= 0.3 is 0 Å². The summed E-state index contributed by atoms with van der Waals surface area (Å²) in [4.78, 5) is 8.55. The SMILES string of the molecule is CCNc1nccc(Nc2ccc3sccc3c2)n1. The summed E-state index contributed by atoms with van der Waals surface area (Å²) >= 11 is 1.75. The van der Waals surface area contributed by atoms with E-state index in [2.05, 4.69) is 50.2 Å². The second kappa shape index (κ2) is 5.24. The molecule has 0 bridgehead atoms. The number of thiophene rings is 1. The zero-order valence-electron chi connectivity index (χ0n) is 10.6. The lowest BCUT2D eigenvalue weighted by Crippen LogP contribution is -2.03. The molecule has 19 heavy (non-hydrogen) atoms. The number of hydrogen-bond acceptors (Lipinski definition) is 5. The van der Waals surface area contributed by atoms with Crippen LogP contribution in [0, 0.1) is 0 Å². The van der Waals surface area contributed by atoms with Crippen LogP contribution in [0.1, 0.15) is 6.92 Å². The monoisotopic (exact) mass is 270 g/mol. The Balaban J connectivity index is 1.85. The van der Waals surface area contributed by atoms with E-state index in [1.165, 1.54) is 10.1 Å². The van der Waals surface area contributed by atoms with E-state index in [0.29, 0.717) is 5.95 Å². The topological polar surface area (TPSA) is 49.8 Å². The van der Waals surface area contributed by atoms with Crippen LogP contribution in [-0.4, -0.2) is 16.5 Å². The van der Waals surface area contributed by atoms with Gasteiger partial charge in [-0.3, -0.25) is 0 Å². The number of hydrogen-bond donors (Lipinski definition) is 2. The van der Waals surface area contributed by atoms with E-state index in [1.54, 1.807) is 17.5 Å². The highest BCUT2D eigenvalue weighted by Crippen LogP contribution is 2.25. The van der Waals surface area contributed by atoms with Crippen molar-refractivity contribution in [3.05, 3.63) is 41.9 Å². The summed E-state index contributed by atoms with van der Waals surface area (Å²) in [5.74, 6) is 1.43. The van der Waals surface area contributed by atoms with Crippen LogP contribution in [0.4, 0.5) is 17.5 Å². The predicted octanol–water partition coefficient (Wildman–Crippen LogP) is 3.87. The molecule has 1 aromatic carbocycles. The van der Waals surface area contributed by atoms with Gasteiger partial charge in [0.05, 0.1) is 0 Å². The average molecular weight is 270 g/mol. The second-order valence-electron chi connectivity index (χ2n) is 4.09.